The Labute approximate surface area is 214 Å². The third kappa shape index (κ3) is 8.09. The Kier molecular flexibility index (Phi) is 10.3. The Morgan fingerprint density at radius 1 is 1.00 bits per heavy atom. The molecule has 0 bridgehead atoms. The predicted octanol–water partition coefficient (Wildman–Crippen LogP) is 5.19. The number of piperidine rings is 1. The number of hydrogen-bond donors (Lipinski definition) is 2. The average molecular weight is 495 g/mol. The lowest BCUT2D eigenvalue weighted by Crippen LogP contribution is -2.43. The second-order valence-corrected chi connectivity index (χ2v) is 9.12. The van der Waals surface area contributed by atoms with Gasteiger partial charge in [0.1, 0.15) is 6.10 Å². The number of nitrogens with zero attached hydrogens (tertiary/aromatic N) is 2. The van der Waals surface area contributed by atoms with Gasteiger partial charge in [0.05, 0.1) is 0 Å². The molecule has 194 valence electrons. The molecule has 0 aliphatic carbocycles. The minimum atomic E-state index is -0.317. The zero-order chi connectivity index (χ0) is 25.9. The summed E-state index contributed by atoms with van der Waals surface area (Å²) in [7, 11) is 0. The quantitative estimate of drug-likeness (QED) is 0.444. The Balaban J connectivity index is 1.52. The van der Waals surface area contributed by atoms with Crippen molar-refractivity contribution in [1.29, 1.82) is 0 Å². The number of likely N-dealkylation sites (tertiary alicyclic amines) is 1. The summed E-state index contributed by atoms with van der Waals surface area (Å²) in [5.74, 6) is -0.0577. The van der Waals surface area contributed by atoms with Crippen LogP contribution in [0.4, 0.5) is 21.9 Å². The fourth-order valence-electron chi connectivity index (χ4n) is 4.25. The van der Waals surface area contributed by atoms with Crippen molar-refractivity contribution in [1.82, 2.24) is 4.90 Å². The van der Waals surface area contributed by atoms with Crippen LogP contribution in [0.3, 0.4) is 0 Å². The van der Waals surface area contributed by atoms with Crippen LogP contribution < -0.4 is 15.5 Å². The first-order chi connectivity index (χ1) is 17.4. The molecule has 3 rings (SSSR count). The molecule has 0 radical (unpaired) electrons. The number of anilines is 3. The molecule has 36 heavy (non-hydrogen) atoms. The summed E-state index contributed by atoms with van der Waals surface area (Å²) in [5.41, 5.74) is 3.19. The van der Waals surface area contributed by atoms with Crippen molar-refractivity contribution in [3.63, 3.8) is 0 Å². The molecule has 8 nitrogen and oxygen atoms in total. The highest BCUT2D eigenvalue weighted by molar-refractivity contribution is 6.00. The molecule has 2 N–H and O–H groups in total. The summed E-state index contributed by atoms with van der Waals surface area (Å²) in [6.45, 7) is 8.79. The standard InChI is InChI=1S/C28H38N4O4/c1-4-8-27(34)36-24-15-17-31(18-16-24)19-20-32(26(33)5-2)23-13-11-22(12-14-23)29-28(35)30-25-10-7-6-9-21(25)3/h6-7,9-14,24H,4-5,8,15-20H2,1-3H3,(H2,29,30,35). The molecule has 1 aliphatic rings. The van der Waals surface area contributed by atoms with E-state index in [1.165, 1.54) is 0 Å². The molecular formula is C28H38N4O4. The summed E-state index contributed by atoms with van der Waals surface area (Å²) in [6, 6.07) is 14.6. The number of esters is 1. The lowest BCUT2D eigenvalue weighted by Gasteiger charge is -2.33. The van der Waals surface area contributed by atoms with Crippen LogP contribution >= 0.6 is 0 Å². The van der Waals surface area contributed by atoms with Gasteiger partial charge < -0.3 is 25.2 Å². The molecule has 0 unspecified atom stereocenters. The highest BCUT2D eigenvalue weighted by Gasteiger charge is 2.23. The van der Waals surface area contributed by atoms with Gasteiger partial charge in [-0.3, -0.25) is 9.59 Å². The van der Waals surface area contributed by atoms with Crippen LogP contribution in [0, 0.1) is 6.92 Å². The maximum absolute atomic E-state index is 12.7. The third-order valence-corrected chi connectivity index (χ3v) is 6.36. The second kappa shape index (κ2) is 13.6. The maximum Gasteiger partial charge on any atom is 0.323 e. The first kappa shape index (κ1) is 27.2. The molecule has 0 spiro atoms. The Morgan fingerprint density at radius 3 is 2.33 bits per heavy atom. The van der Waals surface area contributed by atoms with Crippen LogP contribution in [0.15, 0.2) is 48.5 Å². The van der Waals surface area contributed by atoms with Crippen LogP contribution in [0.2, 0.25) is 0 Å². The van der Waals surface area contributed by atoms with Crippen LogP contribution in [0.5, 0.6) is 0 Å². The number of hydrogen-bond acceptors (Lipinski definition) is 5. The molecule has 1 heterocycles. The molecule has 1 aliphatic heterocycles. The Morgan fingerprint density at radius 2 is 1.69 bits per heavy atom. The van der Waals surface area contributed by atoms with Gasteiger partial charge in [0.2, 0.25) is 5.91 Å². The van der Waals surface area contributed by atoms with E-state index >= 15 is 0 Å². The highest BCUT2D eigenvalue weighted by Crippen LogP contribution is 2.21. The molecule has 2 aromatic rings. The van der Waals surface area contributed by atoms with Gasteiger partial charge >= 0.3 is 12.0 Å². The second-order valence-electron chi connectivity index (χ2n) is 9.12. The summed E-state index contributed by atoms with van der Waals surface area (Å²) in [6.07, 6.45) is 3.33. The van der Waals surface area contributed by atoms with Gasteiger partial charge in [-0.25, -0.2) is 4.79 Å². The lowest BCUT2D eigenvalue weighted by molar-refractivity contribution is -0.151. The zero-order valence-corrected chi connectivity index (χ0v) is 21.6. The fraction of sp³-hybridized carbons (Fsp3) is 0.464. The molecule has 8 heteroatoms. The average Bonchev–Trinajstić information content (AvgIpc) is 2.87. The number of urea groups is 1. The minimum Gasteiger partial charge on any atom is -0.462 e. The number of amides is 3. The van der Waals surface area contributed by atoms with Crippen molar-refractivity contribution in [3.05, 3.63) is 54.1 Å². The smallest absolute Gasteiger partial charge is 0.323 e. The summed E-state index contributed by atoms with van der Waals surface area (Å²) in [4.78, 5) is 40.9. The number of ether oxygens (including phenoxy) is 1. The molecular weight excluding hydrogens is 456 g/mol. The van der Waals surface area contributed by atoms with Crippen LogP contribution in [-0.4, -0.2) is 55.1 Å². The SMILES string of the molecule is CCCC(=O)OC1CCN(CCN(C(=O)CC)c2ccc(NC(=O)Nc3ccccc3C)cc2)CC1. The number of nitrogens with one attached hydrogen (secondary N) is 2. The number of rotatable bonds is 10. The van der Waals surface area contributed by atoms with Gasteiger partial charge in [-0.15, -0.1) is 0 Å². The molecule has 1 saturated heterocycles. The van der Waals surface area contributed by atoms with Gasteiger partial charge in [0.25, 0.3) is 0 Å². The van der Waals surface area contributed by atoms with Crippen molar-refractivity contribution in [2.45, 2.75) is 59.0 Å². The third-order valence-electron chi connectivity index (χ3n) is 6.36. The molecule has 3 amide bonds. The van der Waals surface area contributed by atoms with E-state index in [1.54, 1.807) is 17.0 Å². The number of carbonyl (C=O) groups is 3. The Hall–Kier alpha value is -3.39. The first-order valence-corrected chi connectivity index (χ1v) is 12.9. The van der Waals surface area contributed by atoms with Gasteiger partial charge in [-0.2, -0.15) is 0 Å². The van der Waals surface area contributed by atoms with Gasteiger partial charge in [0, 0.05) is 56.1 Å². The highest BCUT2D eigenvalue weighted by atomic mass is 16.5. The molecule has 0 saturated carbocycles. The van der Waals surface area contributed by atoms with Crippen LogP contribution in [0.25, 0.3) is 0 Å². The van der Waals surface area contributed by atoms with Crippen molar-refractivity contribution >= 4 is 35.0 Å². The Bertz CT molecular complexity index is 1020. The van der Waals surface area contributed by atoms with E-state index in [2.05, 4.69) is 15.5 Å². The lowest BCUT2D eigenvalue weighted by atomic mass is 10.1. The van der Waals surface area contributed by atoms with Crippen LogP contribution in [-0.2, 0) is 14.3 Å². The van der Waals surface area contributed by atoms with Crippen molar-refractivity contribution in [3.8, 4) is 0 Å². The zero-order valence-electron chi connectivity index (χ0n) is 21.6. The van der Waals surface area contributed by atoms with E-state index in [1.807, 2.05) is 57.2 Å². The summed E-state index contributed by atoms with van der Waals surface area (Å²) < 4.78 is 5.54. The van der Waals surface area contributed by atoms with Gasteiger partial charge in [-0.05, 0) is 62.1 Å². The first-order valence-electron chi connectivity index (χ1n) is 12.9. The van der Waals surface area contributed by atoms with E-state index in [9.17, 15) is 14.4 Å². The van der Waals surface area contributed by atoms with Gasteiger partial charge in [-0.1, -0.05) is 32.0 Å². The molecule has 2 aromatic carbocycles. The van der Waals surface area contributed by atoms with E-state index < -0.39 is 0 Å². The maximum atomic E-state index is 12.7. The molecule has 0 atom stereocenters. The van der Waals surface area contributed by atoms with Gasteiger partial charge in [0.15, 0.2) is 0 Å². The number of carbonyl (C=O) groups excluding carboxylic acids is 3. The van der Waals surface area contributed by atoms with E-state index in [0.29, 0.717) is 25.1 Å². The monoisotopic (exact) mass is 494 g/mol. The van der Waals surface area contributed by atoms with Crippen molar-refractivity contribution in [2.75, 3.05) is 41.7 Å². The van der Waals surface area contributed by atoms with E-state index in [0.717, 1.165) is 55.8 Å². The fourth-order valence-corrected chi connectivity index (χ4v) is 4.25. The van der Waals surface area contributed by atoms with E-state index in [-0.39, 0.29) is 24.0 Å². The predicted molar refractivity (Wildman–Crippen MR) is 143 cm³/mol. The largest absolute Gasteiger partial charge is 0.462 e. The topological polar surface area (TPSA) is 91.0 Å². The minimum absolute atomic E-state index is 0.00303. The number of benzene rings is 2. The number of aryl methyl sites for hydroxylation is 1. The van der Waals surface area contributed by atoms with Crippen molar-refractivity contribution < 1.29 is 19.1 Å². The number of para-hydroxylation sites is 1. The van der Waals surface area contributed by atoms with Crippen molar-refractivity contribution in [2.24, 2.45) is 0 Å². The molecule has 1 fully saturated rings. The summed E-state index contributed by atoms with van der Waals surface area (Å²) in [5, 5.41) is 5.69. The van der Waals surface area contributed by atoms with E-state index in [4.69, 9.17) is 4.74 Å². The van der Waals surface area contributed by atoms with Crippen LogP contribution in [0.1, 0.15) is 51.5 Å². The normalized spacial score (nSPS) is 14.2. The molecule has 0 aromatic heterocycles. The summed E-state index contributed by atoms with van der Waals surface area (Å²) >= 11 is 0.